The predicted molar refractivity (Wildman–Crippen MR) is 92.4 cm³/mol. The fourth-order valence-corrected chi connectivity index (χ4v) is 3.80. The molecule has 7 heteroatoms. The van der Waals surface area contributed by atoms with Gasteiger partial charge in [-0.3, -0.25) is 9.47 Å². The first-order valence-electron chi connectivity index (χ1n) is 9.02. The Balaban J connectivity index is 1.27. The number of hydrogen-bond donors (Lipinski definition) is 1. The van der Waals surface area contributed by atoms with Crippen LogP contribution in [0.5, 0.6) is 0 Å². The maximum atomic E-state index is 12.3. The van der Waals surface area contributed by atoms with Crippen molar-refractivity contribution < 1.29 is 4.52 Å². The lowest BCUT2D eigenvalue weighted by atomic mass is 10.0. The lowest BCUT2D eigenvalue weighted by molar-refractivity contribution is 0.174. The van der Waals surface area contributed by atoms with Gasteiger partial charge in [0, 0.05) is 25.0 Å². The van der Waals surface area contributed by atoms with E-state index in [-0.39, 0.29) is 11.7 Å². The van der Waals surface area contributed by atoms with E-state index in [0.29, 0.717) is 5.92 Å². The number of aromatic amines is 1. The molecule has 1 aliphatic carbocycles. The minimum absolute atomic E-state index is 0.00751. The molecule has 5 rings (SSSR count). The second-order valence-electron chi connectivity index (χ2n) is 7.15. The third kappa shape index (κ3) is 2.78. The van der Waals surface area contributed by atoms with E-state index >= 15 is 0 Å². The van der Waals surface area contributed by atoms with Crippen LogP contribution in [0.2, 0.25) is 0 Å². The summed E-state index contributed by atoms with van der Waals surface area (Å²) in [5.41, 5.74) is 1.90. The van der Waals surface area contributed by atoms with Gasteiger partial charge in [-0.15, -0.1) is 0 Å². The monoisotopic (exact) mass is 339 g/mol. The van der Waals surface area contributed by atoms with E-state index < -0.39 is 0 Å². The molecular formula is C18H21N5O2. The SMILES string of the molecule is O=c1[nH]c2ccccc2n1C1CCN(Cc2noc(C3CC3)n2)CC1. The van der Waals surface area contributed by atoms with Gasteiger partial charge in [-0.1, -0.05) is 17.3 Å². The van der Waals surface area contributed by atoms with E-state index in [1.807, 2.05) is 28.8 Å². The molecule has 1 aromatic carbocycles. The summed E-state index contributed by atoms with van der Waals surface area (Å²) in [7, 11) is 0. The third-order valence-electron chi connectivity index (χ3n) is 5.32. The molecular weight excluding hydrogens is 318 g/mol. The zero-order valence-electron chi connectivity index (χ0n) is 14.0. The summed E-state index contributed by atoms with van der Waals surface area (Å²) in [6, 6.07) is 8.14. The number of benzene rings is 1. The molecule has 2 aliphatic rings. The minimum Gasteiger partial charge on any atom is -0.339 e. The zero-order chi connectivity index (χ0) is 16.8. The summed E-state index contributed by atoms with van der Waals surface area (Å²) in [5, 5.41) is 4.11. The molecule has 3 heterocycles. The van der Waals surface area contributed by atoms with Crippen LogP contribution in [-0.4, -0.2) is 37.7 Å². The lowest BCUT2D eigenvalue weighted by Gasteiger charge is -2.31. The first kappa shape index (κ1) is 14.9. The van der Waals surface area contributed by atoms with Crippen LogP contribution in [0.15, 0.2) is 33.6 Å². The Morgan fingerprint density at radius 3 is 2.76 bits per heavy atom. The molecule has 130 valence electrons. The van der Waals surface area contributed by atoms with Crippen LogP contribution in [0, 0.1) is 0 Å². The van der Waals surface area contributed by atoms with Crippen molar-refractivity contribution in [2.24, 2.45) is 0 Å². The summed E-state index contributed by atoms with van der Waals surface area (Å²) in [5.74, 6) is 2.08. The van der Waals surface area contributed by atoms with Crippen LogP contribution < -0.4 is 5.69 Å². The van der Waals surface area contributed by atoms with Crippen LogP contribution in [0.1, 0.15) is 49.4 Å². The molecule has 7 nitrogen and oxygen atoms in total. The van der Waals surface area contributed by atoms with Crippen molar-refractivity contribution in [1.29, 1.82) is 0 Å². The lowest BCUT2D eigenvalue weighted by Crippen LogP contribution is -2.36. The van der Waals surface area contributed by atoms with Gasteiger partial charge < -0.3 is 9.51 Å². The van der Waals surface area contributed by atoms with E-state index in [1.54, 1.807) is 0 Å². The molecule has 25 heavy (non-hydrogen) atoms. The number of para-hydroxylation sites is 2. The number of H-pyrrole nitrogens is 1. The van der Waals surface area contributed by atoms with Gasteiger partial charge in [0.05, 0.1) is 17.6 Å². The van der Waals surface area contributed by atoms with Crippen molar-refractivity contribution >= 4 is 11.0 Å². The molecule has 0 atom stereocenters. The van der Waals surface area contributed by atoms with Gasteiger partial charge in [0.25, 0.3) is 0 Å². The molecule has 0 bridgehead atoms. The average molecular weight is 339 g/mol. The molecule has 0 amide bonds. The maximum Gasteiger partial charge on any atom is 0.326 e. The van der Waals surface area contributed by atoms with Crippen molar-refractivity contribution in [2.45, 2.75) is 44.2 Å². The maximum absolute atomic E-state index is 12.3. The fraction of sp³-hybridized carbons (Fsp3) is 0.500. The second-order valence-corrected chi connectivity index (χ2v) is 7.15. The van der Waals surface area contributed by atoms with Crippen LogP contribution in [0.3, 0.4) is 0 Å². The Labute approximate surface area is 144 Å². The van der Waals surface area contributed by atoms with E-state index in [0.717, 1.165) is 55.2 Å². The van der Waals surface area contributed by atoms with Gasteiger partial charge in [0.2, 0.25) is 5.89 Å². The summed E-state index contributed by atoms with van der Waals surface area (Å²) in [4.78, 5) is 22.2. The van der Waals surface area contributed by atoms with Crippen molar-refractivity contribution in [3.05, 3.63) is 46.5 Å². The van der Waals surface area contributed by atoms with Crippen molar-refractivity contribution in [2.75, 3.05) is 13.1 Å². The fourth-order valence-electron chi connectivity index (χ4n) is 3.80. The number of aromatic nitrogens is 4. The topological polar surface area (TPSA) is 80.0 Å². The standard InChI is InChI=1S/C18H21N5O2/c24-18-19-14-3-1-2-4-15(14)23(18)13-7-9-22(10-8-13)11-16-20-17(25-21-16)12-5-6-12/h1-4,12-13H,5-11H2,(H,19,24). The summed E-state index contributed by atoms with van der Waals surface area (Å²) >= 11 is 0. The van der Waals surface area contributed by atoms with Gasteiger partial charge in [-0.05, 0) is 37.8 Å². The smallest absolute Gasteiger partial charge is 0.326 e. The average Bonchev–Trinajstić information content (AvgIpc) is 3.28. The van der Waals surface area contributed by atoms with Gasteiger partial charge in [0.1, 0.15) is 0 Å². The van der Waals surface area contributed by atoms with Gasteiger partial charge in [-0.2, -0.15) is 4.98 Å². The number of nitrogens with zero attached hydrogens (tertiary/aromatic N) is 4. The van der Waals surface area contributed by atoms with Crippen LogP contribution in [-0.2, 0) is 6.54 Å². The highest BCUT2D eigenvalue weighted by Crippen LogP contribution is 2.38. The van der Waals surface area contributed by atoms with E-state index in [2.05, 4.69) is 20.0 Å². The summed E-state index contributed by atoms with van der Waals surface area (Å²) < 4.78 is 7.26. The van der Waals surface area contributed by atoms with Gasteiger partial charge >= 0.3 is 5.69 Å². The number of rotatable bonds is 4. The number of nitrogens with one attached hydrogen (secondary N) is 1. The first-order chi connectivity index (χ1) is 12.3. The van der Waals surface area contributed by atoms with E-state index in [1.165, 1.54) is 12.8 Å². The molecule has 2 aromatic heterocycles. The highest BCUT2D eigenvalue weighted by atomic mass is 16.5. The van der Waals surface area contributed by atoms with Crippen LogP contribution in [0.25, 0.3) is 11.0 Å². The molecule has 1 aliphatic heterocycles. The highest BCUT2D eigenvalue weighted by Gasteiger charge is 2.30. The van der Waals surface area contributed by atoms with E-state index in [9.17, 15) is 4.79 Å². The molecule has 0 unspecified atom stereocenters. The first-order valence-corrected chi connectivity index (χ1v) is 9.02. The largest absolute Gasteiger partial charge is 0.339 e. The van der Waals surface area contributed by atoms with Crippen LogP contribution in [0.4, 0.5) is 0 Å². The summed E-state index contributed by atoms with van der Waals surface area (Å²) in [6.45, 7) is 2.60. The number of hydrogen-bond acceptors (Lipinski definition) is 5. The highest BCUT2D eigenvalue weighted by molar-refractivity contribution is 5.75. The Morgan fingerprint density at radius 2 is 1.96 bits per heavy atom. The molecule has 3 aromatic rings. The predicted octanol–water partition coefficient (Wildman–Crippen LogP) is 2.43. The second kappa shape index (κ2) is 5.84. The molecule has 0 radical (unpaired) electrons. The quantitative estimate of drug-likeness (QED) is 0.790. The molecule has 0 spiro atoms. The van der Waals surface area contributed by atoms with Crippen molar-refractivity contribution in [3.8, 4) is 0 Å². The molecule has 1 N–H and O–H groups in total. The van der Waals surface area contributed by atoms with Gasteiger partial charge in [-0.25, -0.2) is 4.79 Å². The normalized spacial score (nSPS) is 19.7. The van der Waals surface area contributed by atoms with Crippen molar-refractivity contribution in [1.82, 2.24) is 24.6 Å². The van der Waals surface area contributed by atoms with Crippen molar-refractivity contribution in [3.63, 3.8) is 0 Å². The van der Waals surface area contributed by atoms with Gasteiger partial charge in [0.15, 0.2) is 5.82 Å². The number of imidazole rings is 1. The van der Waals surface area contributed by atoms with Crippen LogP contribution >= 0.6 is 0 Å². The zero-order valence-corrected chi connectivity index (χ0v) is 14.0. The third-order valence-corrected chi connectivity index (χ3v) is 5.32. The Bertz CT molecular complexity index is 944. The Kier molecular flexibility index (Phi) is 3.48. The Hall–Kier alpha value is -2.41. The summed E-state index contributed by atoms with van der Waals surface area (Å²) in [6.07, 6.45) is 4.25. The van der Waals surface area contributed by atoms with E-state index in [4.69, 9.17) is 4.52 Å². The minimum atomic E-state index is -0.00751. The molecule has 1 saturated heterocycles. The Morgan fingerprint density at radius 1 is 1.16 bits per heavy atom. The number of fused-ring (bicyclic) bond motifs is 1. The molecule has 2 fully saturated rings. The number of likely N-dealkylation sites (tertiary alicyclic amines) is 1. The number of piperidine rings is 1. The molecule has 1 saturated carbocycles.